The first-order valence-electron chi connectivity index (χ1n) is 4.24. The third kappa shape index (κ3) is 3.20. The van der Waals surface area contributed by atoms with Gasteiger partial charge in [0, 0.05) is 25.0 Å². The van der Waals surface area contributed by atoms with E-state index in [2.05, 4.69) is 22.5 Å². The summed E-state index contributed by atoms with van der Waals surface area (Å²) in [6.07, 6.45) is 3.35. The predicted octanol–water partition coefficient (Wildman–Crippen LogP) is 1.75. The van der Waals surface area contributed by atoms with Gasteiger partial charge in [0.25, 0.3) is 0 Å². The van der Waals surface area contributed by atoms with E-state index in [9.17, 15) is 0 Å². The van der Waals surface area contributed by atoms with Crippen LogP contribution >= 0.6 is 11.6 Å². The summed E-state index contributed by atoms with van der Waals surface area (Å²) >= 11 is 5.91. The summed E-state index contributed by atoms with van der Waals surface area (Å²) in [4.78, 5) is 3.90. The van der Waals surface area contributed by atoms with Gasteiger partial charge in [-0.1, -0.05) is 11.6 Å². The first-order valence-corrected chi connectivity index (χ1v) is 4.62. The minimum absolute atomic E-state index is 0.421. The van der Waals surface area contributed by atoms with Crippen LogP contribution in [-0.4, -0.2) is 24.6 Å². The Morgan fingerprint density at radius 3 is 3.00 bits per heavy atom. The van der Waals surface area contributed by atoms with Gasteiger partial charge in [0.05, 0.1) is 10.7 Å². The maximum atomic E-state index is 5.91. The fraction of sp³-hybridized carbons (Fsp3) is 0.444. The molecule has 0 aliphatic rings. The highest BCUT2D eigenvalue weighted by atomic mass is 35.5. The zero-order chi connectivity index (χ0) is 9.68. The number of nitrogens with zero attached hydrogens (tertiary/aromatic N) is 1. The lowest BCUT2D eigenvalue weighted by Crippen LogP contribution is -2.29. The van der Waals surface area contributed by atoms with Gasteiger partial charge in [-0.3, -0.25) is 4.98 Å². The van der Waals surface area contributed by atoms with E-state index in [1.165, 1.54) is 0 Å². The number of halogens is 1. The van der Waals surface area contributed by atoms with E-state index in [1.807, 2.05) is 13.1 Å². The van der Waals surface area contributed by atoms with Crippen molar-refractivity contribution in [2.75, 3.05) is 18.9 Å². The van der Waals surface area contributed by atoms with Crippen molar-refractivity contribution in [3.8, 4) is 0 Å². The molecule has 72 valence electrons. The number of nitrogens with one attached hydrogen (secondary N) is 2. The second-order valence-electron chi connectivity index (χ2n) is 2.93. The van der Waals surface area contributed by atoms with Gasteiger partial charge in [0.15, 0.2) is 0 Å². The molecule has 1 rings (SSSR count). The molecule has 1 atom stereocenters. The zero-order valence-corrected chi connectivity index (χ0v) is 8.60. The smallest absolute Gasteiger partial charge is 0.0820 e. The Balaban J connectivity index is 2.50. The van der Waals surface area contributed by atoms with Gasteiger partial charge in [-0.05, 0) is 20.0 Å². The summed E-state index contributed by atoms with van der Waals surface area (Å²) in [5.41, 5.74) is 0.929. The summed E-state index contributed by atoms with van der Waals surface area (Å²) in [6.45, 7) is 2.95. The molecule has 3 nitrogen and oxygen atoms in total. The molecule has 2 N–H and O–H groups in total. The molecule has 0 spiro atoms. The first-order chi connectivity index (χ1) is 6.24. The van der Waals surface area contributed by atoms with E-state index in [4.69, 9.17) is 11.6 Å². The molecule has 1 aromatic rings. The number of anilines is 1. The molecular weight excluding hydrogens is 186 g/mol. The number of rotatable bonds is 4. The minimum Gasteiger partial charge on any atom is -0.382 e. The summed E-state index contributed by atoms with van der Waals surface area (Å²) in [7, 11) is 1.93. The second-order valence-corrected chi connectivity index (χ2v) is 3.33. The van der Waals surface area contributed by atoms with Crippen molar-refractivity contribution in [3.63, 3.8) is 0 Å². The van der Waals surface area contributed by atoms with Crippen LogP contribution in [0.5, 0.6) is 0 Å². The van der Waals surface area contributed by atoms with E-state index >= 15 is 0 Å². The van der Waals surface area contributed by atoms with Crippen LogP contribution in [0.25, 0.3) is 0 Å². The quantitative estimate of drug-likeness (QED) is 0.776. The zero-order valence-electron chi connectivity index (χ0n) is 7.84. The number of hydrogen-bond donors (Lipinski definition) is 2. The van der Waals surface area contributed by atoms with E-state index < -0.39 is 0 Å². The Morgan fingerprint density at radius 2 is 2.38 bits per heavy atom. The normalized spacial score (nSPS) is 12.5. The first kappa shape index (κ1) is 10.3. The van der Waals surface area contributed by atoms with Crippen molar-refractivity contribution >= 4 is 17.3 Å². The van der Waals surface area contributed by atoms with Gasteiger partial charge in [-0.2, -0.15) is 0 Å². The van der Waals surface area contributed by atoms with Gasteiger partial charge in [-0.25, -0.2) is 0 Å². The van der Waals surface area contributed by atoms with Crippen molar-refractivity contribution in [2.24, 2.45) is 0 Å². The van der Waals surface area contributed by atoms with Gasteiger partial charge >= 0.3 is 0 Å². The third-order valence-corrected chi connectivity index (χ3v) is 2.17. The molecular formula is C9H14ClN3. The summed E-state index contributed by atoms with van der Waals surface area (Å²) in [5.74, 6) is 0. The fourth-order valence-corrected chi connectivity index (χ4v) is 1.07. The lowest BCUT2D eigenvalue weighted by atomic mass is 10.3. The fourth-order valence-electron chi connectivity index (χ4n) is 0.884. The standard InChI is InChI=1S/C9H14ClN3/c1-7(11-2)5-13-9-3-4-12-6-8(9)10/h3-4,6-7,11H,5H2,1-2H3,(H,12,13). The van der Waals surface area contributed by atoms with Crippen molar-refractivity contribution < 1.29 is 0 Å². The molecule has 0 aliphatic carbocycles. The largest absolute Gasteiger partial charge is 0.382 e. The number of likely N-dealkylation sites (N-methyl/N-ethyl adjacent to an activating group) is 1. The highest BCUT2D eigenvalue weighted by Crippen LogP contribution is 2.18. The minimum atomic E-state index is 0.421. The van der Waals surface area contributed by atoms with E-state index in [0.29, 0.717) is 11.1 Å². The average Bonchev–Trinajstić information content (AvgIpc) is 2.16. The van der Waals surface area contributed by atoms with E-state index in [0.717, 1.165) is 12.2 Å². The van der Waals surface area contributed by atoms with E-state index in [1.54, 1.807) is 12.4 Å². The maximum absolute atomic E-state index is 5.91. The van der Waals surface area contributed by atoms with Crippen LogP contribution in [0.1, 0.15) is 6.92 Å². The topological polar surface area (TPSA) is 37.0 Å². The highest BCUT2D eigenvalue weighted by Gasteiger charge is 2.00. The number of pyridine rings is 1. The molecule has 4 heteroatoms. The van der Waals surface area contributed by atoms with Crippen molar-refractivity contribution in [3.05, 3.63) is 23.5 Å². The Labute approximate surface area is 83.5 Å². The lowest BCUT2D eigenvalue weighted by molar-refractivity contribution is 0.638. The van der Waals surface area contributed by atoms with Crippen LogP contribution in [0, 0.1) is 0 Å². The number of hydrogen-bond acceptors (Lipinski definition) is 3. The Bertz CT molecular complexity index is 265. The molecule has 0 aliphatic heterocycles. The van der Waals surface area contributed by atoms with Crippen LogP contribution in [0.15, 0.2) is 18.5 Å². The number of aromatic nitrogens is 1. The van der Waals surface area contributed by atoms with Gasteiger partial charge < -0.3 is 10.6 Å². The Hall–Kier alpha value is -0.800. The van der Waals surface area contributed by atoms with Crippen molar-refractivity contribution in [1.29, 1.82) is 0 Å². The lowest BCUT2D eigenvalue weighted by Gasteiger charge is -2.12. The summed E-state index contributed by atoms with van der Waals surface area (Å²) in [5, 5.41) is 7.02. The molecule has 0 saturated heterocycles. The summed E-state index contributed by atoms with van der Waals surface area (Å²) in [6, 6.07) is 2.29. The van der Waals surface area contributed by atoms with Crippen LogP contribution in [0.4, 0.5) is 5.69 Å². The van der Waals surface area contributed by atoms with Crippen molar-refractivity contribution in [2.45, 2.75) is 13.0 Å². The molecule has 0 aromatic carbocycles. The van der Waals surface area contributed by atoms with Crippen LogP contribution in [0.2, 0.25) is 5.02 Å². The Kier molecular flexibility index (Phi) is 3.99. The predicted molar refractivity (Wildman–Crippen MR) is 56.3 cm³/mol. The molecule has 1 aromatic heterocycles. The third-order valence-electron chi connectivity index (χ3n) is 1.86. The monoisotopic (exact) mass is 199 g/mol. The molecule has 0 saturated carbocycles. The van der Waals surface area contributed by atoms with Crippen LogP contribution < -0.4 is 10.6 Å². The van der Waals surface area contributed by atoms with Crippen molar-refractivity contribution in [1.82, 2.24) is 10.3 Å². The van der Waals surface area contributed by atoms with Gasteiger partial charge in [0.1, 0.15) is 0 Å². The van der Waals surface area contributed by atoms with Crippen LogP contribution in [-0.2, 0) is 0 Å². The second kappa shape index (κ2) is 5.04. The molecule has 0 amide bonds. The molecule has 1 heterocycles. The van der Waals surface area contributed by atoms with Gasteiger partial charge in [-0.15, -0.1) is 0 Å². The highest BCUT2D eigenvalue weighted by molar-refractivity contribution is 6.33. The maximum Gasteiger partial charge on any atom is 0.0820 e. The van der Waals surface area contributed by atoms with E-state index in [-0.39, 0.29) is 0 Å². The molecule has 0 radical (unpaired) electrons. The average molecular weight is 200 g/mol. The SMILES string of the molecule is CNC(C)CNc1ccncc1Cl. The molecule has 0 fully saturated rings. The Morgan fingerprint density at radius 1 is 1.62 bits per heavy atom. The van der Waals surface area contributed by atoms with Crippen LogP contribution in [0.3, 0.4) is 0 Å². The molecule has 0 bridgehead atoms. The molecule has 13 heavy (non-hydrogen) atoms. The molecule has 1 unspecified atom stereocenters. The van der Waals surface area contributed by atoms with Gasteiger partial charge in [0.2, 0.25) is 0 Å². The summed E-state index contributed by atoms with van der Waals surface area (Å²) < 4.78 is 0.